The van der Waals surface area contributed by atoms with E-state index in [1.165, 1.54) is 32.1 Å². The van der Waals surface area contributed by atoms with Gasteiger partial charge in [0, 0.05) is 6.04 Å². The maximum Gasteiger partial charge on any atom is 0.238 e. The van der Waals surface area contributed by atoms with Gasteiger partial charge in [-0.2, -0.15) is 4.98 Å². The maximum absolute atomic E-state index is 10.2. The van der Waals surface area contributed by atoms with Gasteiger partial charge in [-0.3, -0.25) is 0 Å². The second kappa shape index (κ2) is 7.09. The largest absolute Gasteiger partial charge is 0.492 e. The van der Waals surface area contributed by atoms with Crippen molar-refractivity contribution in [2.45, 2.75) is 51.0 Å². The van der Waals surface area contributed by atoms with Crippen LogP contribution in [0.2, 0.25) is 0 Å². The number of imidazole rings is 1. The van der Waals surface area contributed by atoms with Crippen molar-refractivity contribution in [1.29, 1.82) is 0 Å². The Morgan fingerprint density at radius 3 is 2.76 bits per heavy atom. The molecule has 2 heterocycles. The summed E-state index contributed by atoms with van der Waals surface area (Å²) in [6.07, 6.45) is 12.2. The molecule has 6 nitrogen and oxygen atoms in total. The minimum Gasteiger partial charge on any atom is -0.492 e. The zero-order valence-corrected chi connectivity index (χ0v) is 14.2. The molecule has 0 atom stereocenters. The van der Waals surface area contributed by atoms with Crippen molar-refractivity contribution in [3.8, 4) is 5.88 Å². The van der Waals surface area contributed by atoms with Gasteiger partial charge in [-0.1, -0.05) is 38.2 Å². The van der Waals surface area contributed by atoms with Crippen LogP contribution in [0.15, 0.2) is 28.2 Å². The molecule has 0 amide bonds. The Hall–Kier alpha value is -2.63. The van der Waals surface area contributed by atoms with Gasteiger partial charge in [0.15, 0.2) is 0 Å². The van der Waals surface area contributed by atoms with Gasteiger partial charge in [-0.25, -0.2) is 9.98 Å². The van der Waals surface area contributed by atoms with Crippen molar-refractivity contribution in [2.75, 3.05) is 5.32 Å². The summed E-state index contributed by atoms with van der Waals surface area (Å²) in [7, 11) is 0. The van der Waals surface area contributed by atoms with E-state index >= 15 is 0 Å². The number of hydrogen-bond donors (Lipinski definition) is 3. The Morgan fingerprint density at radius 1 is 1.12 bits per heavy atom. The summed E-state index contributed by atoms with van der Waals surface area (Å²) in [4.78, 5) is 15.8. The third kappa shape index (κ3) is 3.73. The van der Waals surface area contributed by atoms with Gasteiger partial charge in [0.1, 0.15) is 12.0 Å². The highest BCUT2D eigenvalue weighted by atomic mass is 16.3. The minimum atomic E-state index is 0.0158. The Morgan fingerprint density at radius 2 is 1.92 bits per heavy atom. The highest BCUT2D eigenvalue weighted by Gasteiger charge is 2.14. The lowest BCUT2D eigenvalue weighted by atomic mass is 9.97. The number of H-pyrrole nitrogens is 1. The van der Waals surface area contributed by atoms with Gasteiger partial charge >= 0.3 is 0 Å². The molecule has 25 heavy (non-hydrogen) atoms. The Kier molecular flexibility index (Phi) is 4.50. The number of aromatic amines is 1. The van der Waals surface area contributed by atoms with Crippen LogP contribution in [0.4, 0.5) is 11.6 Å². The summed E-state index contributed by atoms with van der Waals surface area (Å²) in [6.45, 7) is 0. The molecule has 1 aliphatic heterocycles. The van der Waals surface area contributed by atoms with Gasteiger partial charge in [-0.15, -0.1) is 0 Å². The summed E-state index contributed by atoms with van der Waals surface area (Å²) in [5.74, 6) is 0.658. The van der Waals surface area contributed by atoms with E-state index < -0.39 is 0 Å². The number of anilines is 1. The SMILES string of the molecule is Oc1nc(NC2CCCCCCC2)[nH]c1C=c1ccc2c(c1)N=CN=2. The molecular formula is C19H23N5O. The molecule has 1 aliphatic carbocycles. The number of aromatic hydroxyl groups is 1. The van der Waals surface area contributed by atoms with Gasteiger partial charge in [0.2, 0.25) is 11.8 Å². The number of nitrogens with one attached hydrogen (secondary N) is 2. The zero-order valence-electron chi connectivity index (χ0n) is 14.2. The van der Waals surface area contributed by atoms with Crippen LogP contribution < -0.4 is 15.9 Å². The molecule has 1 aromatic carbocycles. The van der Waals surface area contributed by atoms with E-state index in [1.807, 2.05) is 24.3 Å². The van der Waals surface area contributed by atoms with E-state index in [0.717, 1.165) is 29.1 Å². The van der Waals surface area contributed by atoms with E-state index in [0.29, 0.717) is 17.7 Å². The highest BCUT2D eigenvalue weighted by molar-refractivity contribution is 5.67. The molecule has 4 rings (SSSR count). The molecule has 130 valence electrons. The van der Waals surface area contributed by atoms with E-state index in [1.54, 1.807) is 6.34 Å². The molecular weight excluding hydrogens is 314 g/mol. The van der Waals surface area contributed by atoms with Crippen LogP contribution in [0.3, 0.4) is 0 Å². The van der Waals surface area contributed by atoms with Crippen molar-refractivity contribution in [2.24, 2.45) is 9.98 Å². The number of nitrogens with zero attached hydrogens (tertiary/aromatic N) is 3. The zero-order chi connectivity index (χ0) is 17.1. The lowest BCUT2D eigenvalue weighted by Gasteiger charge is -2.20. The first-order chi connectivity index (χ1) is 12.3. The average Bonchev–Trinajstić information content (AvgIpc) is 3.16. The summed E-state index contributed by atoms with van der Waals surface area (Å²) in [5, 5.41) is 15.4. The van der Waals surface area contributed by atoms with Crippen molar-refractivity contribution in [3.05, 3.63) is 34.5 Å². The van der Waals surface area contributed by atoms with Crippen LogP contribution in [0.5, 0.6) is 5.88 Å². The molecule has 0 radical (unpaired) electrons. The van der Waals surface area contributed by atoms with Crippen LogP contribution in [0.1, 0.15) is 50.6 Å². The molecule has 0 saturated heterocycles. The Labute approximate surface area is 146 Å². The van der Waals surface area contributed by atoms with E-state index in [2.05, 4.69) is 25.3 Å². The van der Waals surface area contributed by atoms with E-state index in [4.69, 9.17) is 0 Å². The van der Waals surface area contributed by atoms with Gasteiger partial charge < -0.3 is 15.4 Å². The molecule has 2 aliphatic rings. The van der Waals surface area contributed by atoms with Crippen LogP contribution in [0.25, 0.3) is 6.08 Å². The van der Waals surface area contributed by atoms with Gasteiger partial charge in [-0.05, 0) is 36.3 Å². The number of benzene rings is 1. The van der Waals surface area contributed by atoms with Gasteiger partial charge in [0.25, 0.3) is 0 Å². The lowest BCUT2D eigenvalue weighted by molar-refractivity contribution is 0.454. The number of aromatic nitrogens is 2. The summed E-state index contributed by atoms with van der Waals surface area (Å²) in [6, 6.07) is 6.26. The second-order valence-corrected chi connectivity index (χ2v) is 6.78. The highest BCUT2D eigenvalue weighted by Crippen LogP contribution is 2.22. The summed E-state index contributed by atoms with van der Waals surface area (Å²) < 4.78 is 0. The fraction of sp³-hybridized carbons (Fsp3) is 0.421. The normalized spacial score (nSPS) is 18.5. The first kappa shape index (κ1) is 15.9. The van der Waals surface area contributed by atoms with Crippen molar-refractivity contribution in [3.63, 3.8) is 0 Å². The summed E-state index contributed by atoms with van der Waals surface area (Å²) in [5.41, 5.74) is 1.45. The summed E-state index contributed by atoms with van der Waals surface area (Å²) >= 11 is 0. The topological polar surface area (TPSA) is 85.7 Å². The quantitative estimate of drug-likeness (QED) is 0.805. The number of rotatable bonds is 3. The van der Waals surface area contributed by atoms with Crippen molar-refractivity contribution in [1.82, 2.24) is 9.97 Å². The standard InChI is InChI=1S/C19H23N5O/c25-18-17(11-13-8-9-15-16(10-13)21-12-20-15)23-19(24-18)22-14-6-4-2-1-3-5-7-14/h8-12,14,25H,1-7H2,(H2,22,23,24). The molecule has 1 saturated carbocycles. The molecule has 2 aromatic rings. The Bertz CT molecular complexity index is 891. The fourth-order valence-electron chi connectivity index (χ4n) is 3.50. The van der Waals surface area contributed by atoms with E-state index in [-0.39, 0.29) is 5.88 Å². The molecule has 3 N–H and O–H groups in total. The first-order valence-electron chi connectivity index (χ1n) is 9.05. The number of aliphatic imine (C=N–C) groups is 1. The van der Waals surface area contributed by atoms with Crippen LogP contribution in [-0.2, 0) is 0 Å². The predicted molar refractivity (Wildman–Crippen MR) is 98.9 cm³/mol. The predicted octanol–water partition coefficient (Wildman–Crippen LogP) is 2.76. The molecule has 0 bridgehead atoms. The third-order valence-corrected chi connectivity index (χ3v) is 4.86. The molecule has 1 fully saturated rings. The average molecular weight is 337 g/mol. The monoisotopic (exact) mass is 337 g/mol. The molecule has 1 aromatic heterocycles. The van der Waals surface area contributed by atoms with Crippen LogP contribution in [-0.4, -0.2) is 27.5 Å². The molecule has 6 heteroatoms. The van der Waals surface area contributed by atoms with Crippen molar-refractivity contribution < 1.29 is 5.11 Å². The van der Waals surface area contributed by atoms with E-state index in [9.17, 15) is 5.11 Å². The molecule has 0 unspecified atom stereocenters. The fourth-order valence-corrected chi connectivity index (χ4v) is 3.50. The number of hydrogen-bond acceptors (Lipinski definition) is 5. The van der Waals surface area contributed by atoms with Crippen molar-refractivity contribution >= 4 is 24.1 Å². The Balaban J connectivity index is 1.53. The smallest absolute Gasteiger partial charge is 0.238 e. The molecule has 0 spiro atoms. The second-order valence-electron chi connectivity index (χ2n) is 6.78. The number of fused-ring (bicyclic) bond motifs is 1. The van der Waals surface area contributed by atoms with Crippen LogP contribution in [0, 0.1) is 0 Å². The minimum absolute atomic E-state index is 0.0158. The van der Waals surface area contributed by atoms with Gasteiger partial charge in [0.05, 0.1) is 11.0 Å². The third-order valence-electron chi connectivity index (χ3n) is 4.86. The lowest BCUT2D eigenvalue weighted by Crippen LogP contribution is -2.21. The maximum atomic E-state index is 10.2. The van der Waals surface area contributed by atoms with Crippen LogP contribution >= 0.6 is 0 Å². The first-order valence-corrected chi connectivity index (χ1v) is 9.05.